The predicted molar refractivity (Wildman–Crippen MR) is 78.0 cm³/mol. The molecule has 2 rings (SSSR count). The number of hydrogen-bond donors (Lipinski definition) is 2. The molecule has 0 saturated carbocycles. The zero-order valence-electron chi connectivity index (χ0n) is 11.2. The van der Waals surface area contributed by atoms with Crippen LogP contribution < -0.4 is 10.1 Å². The van der Waals surface area contributed by atoms with E-state index in [1.807, 2.05) is 6.07 Å². The van der Waals surface area contributed by atoms with Gasteiger partial charge in [-0.2, -0.15) is 5.26 Å². The molecule has 0 unspecified atom stereocenters. The minimum Gasteiger partial charge on any atom is -0.508 e. The van der Waals surface area contributed by atoms with Gasteiger partial charge in [-0.25, -0.2) is 0 Å². The topological polar surface area (TPSA) is 82.3 Å². The van der Waals surface area contributed by atoms with Gasteiger partial charge < -0.3 is 15.2 Å². The fraction of sp³-hybridized carbons (Fsp3) is 0.125. The Bertz CT molecular complexity index is 677. The minimum atomic E-state index is -0.228. The smallest absolute Gasteiger partial charge is 0.228 e. The number of anilines is 1. The Labute approximate surface area is 122 Å². The second kappa shape index (κ2) is 6.96. The lowest BCUT2D eigenvalue weighted by Crippen LogP contribution is -2.15. The van der Waals surface area contributed by atoms with Gasteiger partial charge in [0.1, 0.15) is 17.6 Å². The molecule has 0 aromatic heterocycles. The van der Waals surface area contributed by atoms with Crippen molar-refractivity contribution in [1.82, 2.24) is 0 Å². The van der Waals surface area contributed by atoms with Gasteiger partial charge >= 0.3 is 0 Å². The Balaban J connectivity index is 2.04. The van der Waals surface area contributed by atoms with Crippen LogP contribution in [-0.2, 0) is 11.2 Å². The normalized spacial score (nSPS) is 9.67. The lowest BCUT2D eigenvalue weighted by molar-refractivity contribution is -0.115. The van der Waals surface area contributed by atoms with Crippen molar-refractivity contribution in [2.75, 3.05) is 11.9 Å². The lowest BCUT2D eigenvalue weighted by Gasteiger charge is -2.10. The Morgan fingerprint density at radius 2 is 2.05 bits per heavy atom. The summed E-state index contributed by atoms with van der Waals surface area (Å²) in [4.78, 5) is 12.0. The Morgan fingerprint density at radius 1 is 1.24 bits per heavy atom. The van der Waals surface area contributed by atoms with Crippen molar-refractivity contribution < 1.29 is 14.6 Å². The maximum Gasteiger partial charge on any atom is 0.228 e. The molecule has 2 N–H and O–H groups in total. The molecule has 0 radical (unpaired) electrons. The third-order valence-electron chi connectivity index (χ3n) is 2.73. The molecule has 0 heterocycles. The van der Waals surface area contributed by atoms with Crippen molar-refractivity contribution in [2.45, 2.75) is 6.42 Å². The van der Waals surface area contributed by atoms with Gasteiger partial charge in [0.15, 0.2) is 6.61 Å². The molecule has 5 heteroatoms. The molecule has 0 aliphatic rings. The van der Waals surface area contributed by atoms with Crippen LogP contribution in [0.5, 0.6) is 11.5 Å². The fourth-order valence-corrected chi connectivity index (χ4v) is 1.85. The number of phenolic OH excluding ortho intramolecular Hbond substituents is 1. The van der Waals surface area contributed by atoms with Crippen LogP contribution in [0.4, 0.5) is 5.69 Å². The SMILES string of the molecule is N#CCOc1ccccc1NC(=O)Cc1cccc(O)c1. The number of nitrogens with zero attached hydrogens (tertiary/aromatic N) is 1. The summed E-state index contributed by atoms with van der Waals surface area (Å²) in [5.41, 5.74) is 1.22. The van der Waals surface area contributed by atoms with E-state index in [0.29, 0.717) is 17.0 Å². The number of carbonyl (C=O) groups is 1. The average Bonchev–Trinajstić information content (AvgIpc) is 2.46. The fourth-order valence-electron chi connectivity index (χ4n) is 1.85. The van der Waals surface area contributed by atoms with Crippen LogP contribution in [0, 0.1) is 11.3 Å². The number of carbonyl (C=O) groups excluding carboxylic acids is 1. The number of aromatic hydroxyl groups is 1. The monoisotopic (exact) mass is 282 g/mol. The highest BCUT2D eigenvalue weighted by molar-refractivity contribution is 5.93. The van der Waals surface area contributed by atoms with Crippen LogP contribution in [0.25, 0.3) is 0 Å². The highest BCUT2D eigenvalue weighted by Crippen LogP contribution is 2.24. The number of ether oxygens (including phenoxy) is 1. The summed E-state index contributed by atoms with van der Waals surface area (Å²) in [5, 5.41) is 20.6. The van der Waals surface area contributed by atoms with Crippen LogP contribution in [0.1, 0.15) is 5.56 Å². The first-order valence-corrected chi connectivity index (χ1v) is 6.35. The predicted octanol–water partition coefficient (Wildman–Crippen LogP) is 2.48. The molecule has 0 atom stereocenters. The number of benzene rings is 2. The average molecular weight is 282 g/mol. The molecule has 0 saturated heterocycles. The van der Waals surface area contributed by atoms with E-state index >= 15 is 0 Å². The van der Waals surface area contributed by atoms with Crippen LogP contribution in [-0.4, -0.2) is 17.6 Å². The molecule has 106 valence electrons. The van der Waals surface area contributed by atoms with Gasteiger partial charge in [0.05, 0.1) is 12.1 Å². The Morgan fingerprint density at radius 3 is 2.81 bits per heavy atom. The van der Waals surface area contributed by atoms with Gasteiger partial charge in [-0.15, -0.1) is 0 Å². The largest absolute Gasteiger partial charge is 0.508 e. The van der Waals surface area contributed by atoms with E-state index < -0.39 is 0 Å². The van der Waals surface area contributed by atoms with Crippen molar-refractivity contribution in [3.8, 4) is 17.6 Å². The second-order valence-corrected chi connectivity index (χ2v) is 4.34. The van der Waals surface area contributed by atoms with E-state index in [1.165, 1.54) is 6.07 Å². The van der Waals surface area contributed by atoms with E-state index in [1.54, 1.807) is 42.5 Å². The van der Waals surface area contributed by atoms with Crippen LogP contribution >= 0.6 is 0 Å². The van der Waals surface area contributed by atoms with Gasteiger partial charge in [-0.1, -0.05) is 24.3 Å². The molecule has 0 spiro atoms. The number of hydrogen-bond acceptors (Lipinski definition) is 4. The third kappa shape index (κ3) is 4.25. The molecule has 2 aromatic rings. The zero-order valence-corrected chi connectivity index (χ0v) is 11.2. The van der Waals surface area contributed by atoms with Crippen LogP contribution in [0.3, 0.4) is 0 Å². The molecule has 21 heavy (non-hydrogen) atoms. The van der Waals surface area contributed by atoms with E-state index in [2.05, 4.69) is 5.32 Å². The molecule has 2 aromatic carbocycles. The number of amides is 1. The molecule has 1 amide bonds. The number of phenols is 1. The standard InChI is InChI=1S/C16H14N2O3/c17-8-9-21-15-7-2-1-6-14(15)18-16(20)11-12-4-3-5-13(19)10-12/h1-7,10,19H,9,11H2,(H,18,20). The van der Waals surface area contributed by atoms with Crippen molar-refractivity contribution in [1.29, 1.82) is 5.26 Å². The van der Waals surface area contributed by atoms with Crippen LogP contribution in [0.2, 0.25) is 0 Å². The van der Waals surface area contributed by atoms with Crippen molar-refractivity contribution in [3.05, 3.63) is 54.1 Å². The summed E-state index contributed by atoms with van der Waals surface area (Å²) < 4.78 is 5.24. The zero-order chi connectivity index (χ0) is 15.1. The molecule has 0 aliphatic carbocycles. The van der Waals surface area contributed by atoms with E-state index in [9.17, 15) is 9.90 Å². The Kier molecular flexibility index (Phi) is 4.78. The number of rotatable bonds is 5. The summed E-state index contributed by atoms with van der Waals surface area (Å²) in [6.07, 6.45) is 0.140. The Hall–Kier alpha value is -3.00. The van der Waals surface area contributed by atoms with E-state index in [-0.39, 0.29) is 24.7 Å². The van der Waals surface area contributed by atoms with Gasteiger partial charge in [0.25, 0.3) is 0 Å². The quantitative estimate of drug-likeness (QED) is 0.882. The highest BCUT2D eigenvalue weighted by atomic mass is 16.5. The minimum absolute atomic E-state index is 0.0839. The molecular formula is C16H14N2O3. The van der Waals surface area contributed by atoms with Gasteiger partial charge in [0, 0.05) is 0 Å². The van der Waals surface area contributed by atoms with Gasteiger partial charge in [-0.05, 0) is 29.8 Å². The van der Waals surface area contributed by atoms with Crippen molar-refractivity contribution in [3.63, 3.8) is 0 Å². The molecular weight excluding hydrogens is 268 g/mol. The number of para-hydroxylation sites is 2. The first kappa shape index (κ1) is 14.4. The molecule has 0 fully saturated rings. The number of nitrogens with one attached hydrogen (secondary N) is 1. The summed E-state index contributed by atoms with van der Waals surface area (Å²) in [6.45, 7) is -0.0839. The van der Waals surface area contributed by atoms with Crippen molar-refractivity contribution in [2.24, 2.45) is 0 Å². The summed E-state index contributed by atoms with van der Waals surface area (Å²) in [7, 11) is 0. The summed E-state index contributed by atoms with van der Waals surface area (Å²) in [6, 6.07) is 15.3. The first-order chi connectivity index (χ1) is 10.2. The summed E-state index contributed by atoms with van der Waals surface area (Å²) in [5.74, 6) is 0.343. The number of nitriles is 1. The first-order valence-electron chi connectivity index (χ1n) is 6.35. The summed E-state index contributed by atoms with van der Waals surface area (Å²) >= 11 is 0. The van der Waals surface area contributed by atoms with E-state index in [4.69, 9.17) is 10.00 Å². The van der Waals surface area contributed by atoms with Gasteiger partial charge in [0.2, 0.25) is 5.91 Å². The molecule has 0 bridgehead atoms. The lowest BCUT2D eigenvalue weighted by atomic mass is 10.1. The molecule has 0 aliphatic heterocycles. The van der Waals surface area contributed by atoms with E-state index in [0.717, 1.165) is 0 Å². The maximum atomic E-state index is 12.0. The van der Waals surface area contributed by atoms with Crippen molar-refractivity contribution >= 4 is 11.6 Å². The maximum absolute atomic E-state index is 12.0. The van der Waals surface area contributed by atoms with Crippen LogP contribution in [0.15, 0.2) is 48.5 Å². The van der Waals surface area contributed by atoms with Gasteiger partial charge in [-0.3, -0.25) is 4.79 Å². The third-order valence-corrected chi connectivity index (χ3v) is 2.73. The highest BCUT2D eigenvalue weighted by Gasteiger charge is 2.08. The second-order valence-electron chi connectivity index (χ2n) is 4.34. The molecule has 5 nitrogen and oxygen atoms in total.